The van der Waals surface area contributed by atoms with E-state index in [9.17, 15) is 9.59 Å². The van der Waals surface area contributed by atoms with Crippen molar-refractivity contribution in [1.82, 2.24) is 0 Å². The molecule has 0 N–H and O–H groups in total. The molecule has 0 saturated carbocycles. The van der Waals surface area contributed by atoms with Crippen LogP contribution in [0, 0.1) is 56.2 Å². The summed E-state index contributed by atoms with van der Waals surface area (Å²) < 4.78 is 0. The van der Waals surface area contributed by atoms with Crippen LogP contribution < -0.4 is 0 Å². The third-order valence-corrected chi connectivity index (χ3v) is 7.10. The van der Waals surface area contributed by atoms with Gasteiger partial charge >= 0.3 is 0 Å². The Morgan fingerprint density at radius 1 is 0.389 bits per heavy atom. The summed E-state index contributed by atoms with van der Waals surface area (Å²) in [5, 5.41) is 0. The molecule has 0 heterocycles. The average molecular weight is 507 g/mol. The van der Waals surface area contributed by atoms with Gasteiger partial charge in [-0.05, 0) is 59.2 Å². The van der Waals surface area contributed by atoms with E-state index in [1.54, 1.807) is 0 Å². The molecule has 0 bridgehead atoms. The van der Waals surface area contributed by atoms with Crippen LogP contribution in [-0.2, 0) is 9.59 Å². The molecule has 0 aliphatic rings. The molecule has 2 nitrogen and oxygen atoms in total. The quantitative estimate of drug-likeness (QED) is 0.311. The second-order valence-corrected chi connectivity index (χ2v) is 18.8. The van der Waals surface area contributed by atoms with E-state index >= 15 is 0 Å². The summed E-state index contributed by atoms with van der Waals surface area (Å²) >= 11 is 0. The van der Waals surface area contributed by atoms with Gasteiger partial charge in [-0.1, -0.05) is 125 Å². The summed E-state index contributed by atoms with van der Waals surface area (Å²) in [6.07, 6.45) is 3.62. The second-order valence-electron chi connectivity index (χ2n) is 18.8. The summed E-state index contributed by atoms with van der Waals surface area (Å²) in [5.74, 6) is 0.924. The third kappa shape index (κ3) is 13.2. The minimum Gasteiger partial charge on any atom is -0.299 e. The summed E-state index contributed by atoms with van der Waals surface area (Å²) in [5.41, 5.74) is -0.640. The first-order valence-corrected chi connectivity index (χ1v) is 14.5. The zero-order chi connectivity index (χ0) is 29.3. The standard InChI is InChI=1S/C34H66O2/c1-29(2,3)19-23(25(21-31(7,8)9)27(35)33(13,14)15)24(20-30(4,5)6)26(22-32(10,11)12)28(36)34(16,17)18/h23-26H,19-22H2,1-18H3. The Kier molecular flexibility index (Phi) is 11.4. The second kappa shape index (κ2) is 11.6. The molecule has 0 saturated heterocycles. The lowest BCUT2D eigenvalue weighted by molar-refractivity contribution is -0.141. The van der Waals surface area contributed by atoms with Crippen LogP contribution in [0.15, 0.2) is 0 Å². The van der Waals surface area contributed by atoms with Crippen molar-refractivity contribution in [3.8, 4) is 0 Å². The summed E-state index contributed by atoms with van der Waals surface area (Å²) in [4.78, 5) is 28.5. The molecule has 0 aromatic heterocycles. The molecule has 36 heavy (non-hydrogen) atoms. The van der Waals surface area contributed by atoms with E-state index in [0.717, 1.165) is 25.7 Å². The van der Waals surface area contributed by atoms with Gasteiger partial charge in [0.05, 0.1) is 0 Å². The number of Topliss-reactive ketones (excluding diaryl/α,β-unsaturated/α-hetero) is 2. The highest BCUT2D eigenvalue weighted by atomic mass is 16.1. The molecule has 0 rings (SSSR count). The molecule has 0 fully saturated rings. The van der Waals surface area contributed by atoms with Gasteiger partial charge in [0.25, 0.3) is 0 Å². The maximum absolute atomic E-state index is 14.2. The van der Waals surface area contributed by atoms with E-state index in [-0.39, 0.29) is 45.3 Å². The molecule has 0 aromatic carbocycles. The van der Waals surface area contributed by atoms with Crippen LogP contribution in [0.5, 0.6) is 0 Å². The van der Waals surface area contributed by atoms with E-state index in [1.165, 1.54) is 0 Å². The number of rotatable bonds is 9. The van der Waals surface area contributed by atoms with Gasteiger partial charge in [-0.3, -0.25) is 9.59 Å². The van der Waals surface area contributed by atoms with E-state index in [0.29, 0.717) is 11.6 Å². The van der Waals surface area contributed by atoms with Crippen molar-refractivity contribution in [1.29, 1.82) is 0 Å². The van der Waals surface area contributed by atoms with Gasteiger partial charge in [0.15, 0.2) is 0 Å². The largest absolute Gasteiger partial charge is 0.299 e. The van der Waals surface area contributed by atoms with Crippen LogP contribution in [0.3, 0.4) is 0 Å². The van der Waals surface area contributed by atoms with Crippen LogP contribution in [0.1, 0.15) is 150 Å². The fourth-order valence-electron chi connectivity index (χ4n) is 5.91. The van der Waals surface area contributed by atoms with Gasteiger partial charge in [-0.15, -0.1) is 0 Å². The minimum absolute atomic E-state index is 0.0293. The van der Waals surface area contributed by atoms with E-state index in [1.807, 2.05) is 0 Å². The lowest BCUT2D eigenvalue weighted by atomic mass is 9.56. The van der Waals surface area contributed by atoms with Gasteiger partial charge in [-0.25, -0.2) is 0 Å². The highest BCUT2D eigenvalue weighted by Crippen LogP contribution is 2.50. The lowest BCUT2D eigenvalue weighted by Crippen LogP contribution is -2.46. The van der Waals surface area contributed by atoms with Crippen molar-refractivity contribution in [2.75, 3.05) is 0 Å². The van der Waals surface area contributed by atoms with Crippen molar-refractivity contribution >= 4 is 11.6 Å². The SMILES string of the molecule is CC(C)(C)CC(C(=O)C(C)(C)C)C(CC(C)(C)C)C(CC(C)(C)C)C(CC(C)(C)C)C(=O)C(C)(C)C. The topological polar surface area (TPSA) is 34.1 Å². The molecule has 214 valence electrons. The fourth-order valence-corrected chi connectivity index (χ4v) is 5.91. The Labute approximate surface area is 227 Å². The predicted octanol–water partition coefficient (Wildman–Crippen LogP) is 10.4. The van der Waals surface area contributed by atoms with Crippen molar-refractivity contribution in [3.05, 3.63) is 0 Å². The van der Waals surface area contributed by atoms with E-state index < -0.39 is 10.8 Å². The number of carbonyl (C=O) groups is 2. The van der Waals surface area contributed by atoms with E-state index in [4.69, 9.17) is 0 Å². The maximum Gasteiger partial charge on any atom is 0.141 e. The smallest absolute Gasteiger partial charge is 0.141 e. The summed E-state index contributed by atoms with van der Waals surface area (Å²) in [7, 11) is 0. The highest BCUT2D eigenvalue weighted by Gasteiger charge is 2.48. The van der Waals surface area contributed by atoms with Crippen molar-refractivity contribution in [2.45, 2.75) is 150 Å². The number of hydrogen-bond donors (Lipinski definition) is 0. The van der Waals surface area contributed by atoms with Crippen molar-refractivity contribution in [3.63, 3.8) is 0 Å². The van der Waals surface area contributed by atoms with Crippen LogP contribution >= 0.6 is 0 Å². The zero-order valence-corrected chi connectivity index (χ0v) is 28.0. The first-order chi connectivity index (χ1) is 15.4. The normalized spacial score (nSPS) is 17.9. The molecule has 2 heteroatoms. The van der Waals surface area contributed by atoms with E-state index in [2.05, 4.69) is 125 Å². The van der Waals surface area contributed by atoms with Crippen molar-refractivity contribution in [2.24, 2.45) is 56.2 Å². The molecule has 4 atom stereocenters. The van der Waals surface area contributed by atoms with Gasteiger partial charge in [0.1, 0.15) is 11.6 Å². The Morgan fingerprint density at radius 3 is 0.722 bits per heavy atom. The third-order valence-electron chi connectivity index (χ3n) is 7.10. The molecular weight excluding hydrogens is 440 g/mol. The molecule has 0 aliphatic heterocycles. The first-order valence-electron chi connectivity index (χ1n) is 14.5. The van der Waals surface area contributed by atoms with Crippen LogP contribution in [0.25, 0.3) is 0 Å². The minimum atomic E-state index is -0.411. The van der Waals surface area contributed by atoms with Crippen LogP contribution in [-0.4, -0.2) is 11.6 Å². The fraction of sp³-hybridized carbons (Fsp3) is 0.941. The molecule has 0 amide bonds. The van der Waals surface area contributed by atoms with Gasteiger partial charge in [0, 0.05) is 22.7 Å². The summed E-state index contributed by atoms with van der Waals surface area (Å²) in [6.45, 7) is 39.8. The molecule has 0 radical (unpaired) electrons. The van der Waals surface area contributed by atoms with Crippen LogP contribution in [0.2, 0.25) is 0 Å². The Bertz CT molecular complexity index is 650. The zero-order valence-electron chi connectivity index (χ0n) is 28.0. The number of carbonyl (C=O) groups excluding carboxylic acids is 2. The van der Waals surface area contributed by atoms with Gasteiger partial charge < -0.3 is 0 Å². The molecule has 4 unspecified atom stereocenters. The number of ketones is 2. The Hall–Kier alpha value is -0.660. The van der Waals surface area contributed by atoms with Crippen molar-refractivity contribution < 1.29 is 9.59 Å². The first kappa shape index (κ1) is 35.3. The Morgan fingerprint density at radius 2 is 0.583 bits per heavy atom. The van der Waals surface area contributed by atoms with Crippen LogP contribution in [0.4, 0.5) is 0 Å². The monoisotopic (exact) mass is 507 g/mol. The Balaban J connectivity index is 7.36. The lowest BCUT2D eigenvalue weighted by Gasteiger charge is -2.47. The molecule has 0 spiro atoms. The molecular formula is C34H66O2. The molecule has 0 aromatic rings. The predicted molar refractivity (Wildman–Crippen MR) is 159 cm³/mol. The number of hydrogen-bond acceptors (Lipinski definition) is 2. The molecule has 0 aliphatic carbocycles. The summed E-state index contributed by atoms with van der Waals surface area (Å²) in [6, 6.07) is 0. The van der Waals surface area contributed by atoms with Gasteiger partial charge in [0.2, 0.25) is 0 Å². The highest BCUT2D eigenvalue weighted by molar-refractivity contribution is 5.88. The maximum atomic E-state index is 14.2. The van der Waals surface area contributed by atoms with Gasteiger partial charge in [-0.2, -0.15) is 0 Å². The average Bonchev–Trinajstić information content (AvgIpc) is 2.54.